The maximum Gasteiger partial charge on any atom is 0.490 e. The molecule has 9 nitrogen and oxygen atoms in total. The molecule has 0 fully saturated rings. The summed E-state index contributed by atoms with van der Waals surface area (Å²) < 4.78 is 58.9. The van der Waals surface area contributed by atoms with Crippen LogP contribution in [0.25, 0.3) is 0 Å². The summed E-state index contributed by atoms with van der Waals surface area (Å²) in [6.07, 6.45) is -3.58. The van der Waals surface area contributed by atoms with Gasteiger partial charge >= 0.3 is 12.1 Å². The van der Waals surface area contributed by atoms with Crippen LogP contribution in [-0.4, -0.2) is 50.7 Å². The minimum atomic E-state index is -5.08. The van der Waals surface area contributed by atoms with E-state index >= 15 is 0 Å². The second kappa shape index (κ2) is 11.3. The van der Waals surface area contributed by atoms with Crippen molar-refractivity contribution in [3.05, 3.63) is 78.5 Å². The van der Waals surface area contributed by atoms with Crippen molar-refractivity contribution in [1.82, 2.24) is 4.98 Å². The number of carboxylic acid groups (broad SMARTS) is 1. The van der Waals surface area contributed by atoms with Gasteiger partial charge in [-0.1, -0.05) is 6.07 Å². The highest BCUT2D eigenvalue weighted by molar-refractivity contribution is 7.92. The first-order chi connectivity index (χ1) is 16.3. The smallest absolute Gasteiger partial charge is 0.475 e. The van der Waals surface area contributed by atoms with Crippen LogP contribution in [0.2, 0.25) is 0 Å². The molecule has 186 valence electrons. The number of carbonyl (C=O) groups excluding carboxylic acids is 1. The zero-order valence-corrected chi connectivity index (χ0v) is 19.3. The summed E-state index contributed by atoms with van der Waals surface area (Å²) >= 11 is 0. The van der Waals surface area contributed by atoms with Crippen LogP contribution in [0.1, 0.15) is 10.4 Å². The molecule has 35 heavy (non-hydrogen) atoms. The topological polar surface area (TPSA) is 129 Å². The average Bonchev–Trinajstić information content (AvgIpc) is 2.79. The van der Waals surface area contributed by atoms with Crippen molar-refractivity contribution >= 4 is 39.1 Å². The Morgan fingerprint density at radius 2 is 1.51 bits per heavy atom. The second-order valence-corrected chi connectivity index (χ2v) is 8.73. The summed E-state index contributed by atoms with van der Waals surface area (Å²) in [7, 11) is 0.0945. The molecule has 0 aliphatic heterocycles. The molecule has 0 aliphatic carbocycles. The van der Waals surface area contributed by atoms with Crippen LogP contribution in [-0.2, 0) is 14.8 Å². The van der Waals surface area contributed by atoms with Crippen molar-refractivity contribution in [3.8, 4) is 0 Å². The van der Waals surface area contributed by atoms with Gasteiger partial charge in [0.05, 0.1) is 4.90 Å². The number of halogens is 3. The number of alkyl halides is 3. The molecule has 0 radical (unpaired) electrons. The Labute approximate surface area is 199 Å². The van der Waals surface area contributed by atoms with Gasteiger partial charge in [0.15, 0.2) is 0 Å². The first-order valence-electron chi connectivity index (χ1n) is 9.72. The van der Waals surface area contributed by atoms with Crippen LogP contribution in [0.5, 0.6) is 0 Å². The van der Waals surface area contributed by atoms with Gasteiger partial charge in [0.1, 0.15) is 5.82 Å². The highest BCUT2D eigenvalue weighted by Crippen LogP contribution is 2.18. The van der Waals surface area contributed by atoms with Gasteiger partial charge in [-0.15, -0.1) is 0 Å². The van der Waals surface area contributed by atoms with Crippen LogP contribution in [0.3, 0.4) is 0 Å². The maximum atomic E-state index is 12.4. The van der Waals surface area contributed by atoms with Crippen molar-refractivity contribution < 1.29 is 36.3 Å². The van der Waals surface area contributed by atoms with Crippen LogP contribution in [0, 0.1) is 0 Å². The van der Waals surface area contributed by atoms with Crippen molar-refractivity contribution in [2.45, 2.75) is 11.1 Å². The monoisotopic (exact) mass is 510 g/mol. The lowest BCUT2D eigenvalue weighted by Crippen LogP contribution is -2.21. The number of carboxylic acids is 1. The Morgan fingerprint density at radius 3 is 1.97 bits per heavy atom. The van der Waals surface area contributed by atoms with Crippen LogP contribution in [0.15, 0.2) is 77.8 Å². The Kier molecular flexibility index (Phi) is 8.78. The fraction of sp³-hybridized carbons (Fsp3) is 0.136. The molecule has 0 bridgehead atoms. The number of benzene rings is 2. The molecular weight excluding hydrogens is 489 g/mol. The lowest BCUT2D eigenvalue weighted by atomic mass is 10.2. The number of aliphatic carboxylic acids is 1. The van der Waals surface area contributed by atoms with Crippen molar-refractivity contribution in [2.24, 2.45) is 0 Å². The molecule has 0 spiro atoms. The molecule has 13 heteroatoms. The van der Waals surface area contributed by atoms with Gasteiger partial charge in [0, 0.05) is 37.2 Å². The zero-order valence-electron chi connectivity index (χ0n) is 18.4. The van der Waals surface area contributed by atoms with Gasteiger partial charge in [0.25, 0.3) is 15.9 Å². The van der Waals surface area contributed by atoms with E-state index in [0.717, 1.165) is 5.69 Å². The summed E-state index contributed by atoms with van der Waals surface area (Å²) in [6, 6.07) is 18.1. The van der Waals surface area contributed by atoms with E-state index in [1.165, 1.54) is 18.3 Å². The average molecular weight is 510 g/mol. The van der Waals surface area contributed by atoms with Crippen molar-refractivity contribution in [2.75, 3.05) is 29.0 Å². The molecule has 3 N–H and O–H groups in total. The van der Waals surface area contributed by atoms with E-state index in [1.54, 1.807) is 42.5 Å². The molecule has 1 heterocycles. The summed E-state index contributed by atoms with van der Waals surface area (Å²) in [5, 5.41) is 9.88. The number of sulfonamides is 1. The van der Waals surface area contributed by atoms with Gasteiger partial charge in [-0.3, -0.25) is 9.52 Å². The summed E-state index contributed by atoms with van der Waals surface area (Å²) in [5.41, 5.74) is 2.00. The molecule has 1 amide bonds. The molecule has 0 unspecified atom stereocenters. The molecule has 3 aromatic rings. The standard InChI is InChI=1S/C20H20N4O3S.C2HF3O2/c1-24(2)17-10-6-15(7-11-17)20(25)22-16-8-12-18(13-9-16)28(26,27)23-19-5-3-4-14-21-19;3-2(4,5)1(6)7/h3-14H,1-2H3,(H,21,23)(H,22,25);(H,6,7). The van der Waals surface area contributed by atoms with E-state index in [9.17, 15) is 26.4 Å². The van der Waals surface area contributed by atoms with Crippen LogP contribution >= 0.6 is 0 Å². The van der Waals surface area contributed by atoms with E-state index in [0.29, 0.717) is 11.3 Å². The fourth-order valence-corrected chi connectivity index (χ4v) is 3.46. The number of hydrogen-bond donors (Lipinski definition) is 3. The molecular formula is C22H21F3N4O5S. The molecule has 0 aliphatic rings. The Morgan fingerprint density at radius 1 is 0.943 bits per heavy atom. The Hall–Kier alpha value is -4.13. The quantitative estimate of drug-likeness (QED) is 0.460. The predicted molar refractivity (Wildman–Crippen MR) is 124 cm³/mol. The second-order valence-electron chi connectivity index (χ2n) is 7.04. The van der Waals surface area contributed by atoms with Gasteiger partial charge in [-0.25, -0.2) is 18.2 Å². The van der Waals surface area contributed by atoms with E-state index in [-0.39, 0.29) is 16.6 Å². The first kappa shape index (κ1) is 27.1. The number of hydrogen-bond acceptors (Lipinski definition) is 6. The fourth-order valence-electron chi connectivity index (χ4n) is 2.45. The lowest BCUT2D eigenvalue weighted by molar-refractivity contribution is -0.192. The summed E-state index contributed by atoms with van der Waals surface area (Å²) in [6.45, 7) is 0. The molecule has 0 saturated heterocycles. The lowest BCUT2D eigenvalue weighted by Gasteiger charge is -2.13. The van der Waals surface area contributed by atoms with Crippen LogP contribution < -0.4 is 14.9 Å². The van der Waals surface area contributed by atoms with E-state index in [1.807, 2.05) is 31.1 Å². The van der Waals surface area contributed by atoms with Crippen molar-refractivity contribution in [1.29, 1.82) is 0 Å². The number of carbonyl (C=O) groups is 2. The highest BCUT2D eigenvalue weighted by Gasteiger charge is 2.38. The predicted octanol–water partition coefficient (Wildman–Crippen LogP) is 3.83. The molecule has 3 rings (SSSR count). The first-order valence-corrected chi connectivity index (χ1v) is 11.2. The third-order valence-corrected chi connectivity index (χ3v) is 5.59. The Balaban J connectivity index is 0.000000540. The van der Waals surface area contributed by atoms with Crippen LogP contribution in [0.4, 0.5) is 30.4 Å². The maximum absolute atomic E-state index is 12.4. The normalized spacial score (nSPS) is 11.0. The highest BCUT2D eigenvalue weighted by atomic mass is 32.2. The minimum absolute atomic E-state index is 0.0755. The number of nitrogens with zero attached hydrogens (tertiary/aromatic N) is 2. The number of nitrogens with one attached hydrogen (secondary N) is 2. The largest absolute Gasteiger partial charge is 0.490 e. The SMILES string of the molecule is CN(C)c1ccc(C(=O)Nc2ccc(S(=O)(=O)Nc3ccccn3)cc2)cc1.O=C(O)C(F)(F)F. The molecule has 0 saturated carbocycles. The van der Waals surface area contributed by atoms with E-state index in [4.69, 9.17) is 9.90 Å². The van der Waals surface area contributed by atoms with Crippen molar-refractivity contribution in [3.63, 3.8) is 0 Å². The minimum Gasteiger partial charge on any atom is -0.475 e. The van der Waals surface area contributed by atoms with Gasteiger partial charge in [-0.2, -0.15) is 13.2 Å². The Bertz CT molecular complexity index is 1250. The number of anilines is 3. The third kappa shape index (κ3) is 8.30. The third-order valence-electron chi connectivity index (χ3n) is 4.21. The van der Waals surface area contributed by atoms with Gasteiger partial charge < -0.3 is 15.3 Å². The summed E-state index contributed by atoms with van der Waals surface area (Å²) in [4.78, 5) is 27.2. The van der Waals surface area contributed by atoms with E-state index < -0.39 is 22.2 Å². The van der Waals surface area contributed by atoms with E-state index in [2.05, 4.69) is 15.0 Å². The zero-order chi connectivity index (χ0) is 26.2. The number of rotatable bonds is 6. The number of aromatic nitrogens is 1. The van der Waals surface area contributed by atoms with Gasteiger partial charge in [-0.05, 0) is 60.7 Å². The molecule has 0 atom stereocenters. The summed E-state index contributed by atoms with van der Waals surface area (Å²) in [5.74, 6) is -2.79. The van der Waals surface area contributed by atoms with Gasteiger partial charge in [0.2, 0.25) is 0 Å². The molecule has 2 aromatic carbocycles. The number of amides is 1. The molecule has 1 aromatic heterocycles. The number of pyridine rings is 1.